The number of aryl methyl sites for hydroxylation is 2. The Labute approximate surface area is 214 Å². The largest absolute Gasteiger partial charge is 0.322 e. The van der Waals surface area contributed by atoms with Gasteiger partial charge in [0.1, 0.15) is 5.15 Å². The molecule has 0 bridgehead atoms. The van der Waals surface area contributed by atoms with Crippen LogP contribution in [-0.2, 0) is 5.41 Å². The second-order valence-electron chi connectivity index (χ2n) is 9.94. The van der Waals surface area contributed by atoms with Crippen molar-refractivity contribution < 1.29 is 4.79 Å². The van der Waals surface area contributed by atoms with Crippen LogP contribution in [0.2, 0.25) is 5.15 Å². The number of carbonyl (C=O) groups excluding carboxylic acids is 1. The number of rotatable bonds is 4. The monoisotopic (exact) mass is 498 g/mol. The molecule has 5 rings (SSSR count). The summed E-state index contributed by atoms with van der Waals surface area (Å²) in [5, 5.41) is 3.37. The Hall–Kier alpha value is -3.97. The van der Waals surface area contributed by atoms with Gasteiger partial charge < -0.3 is 5.32 Å². The lowest BCUT2D eigenvalue weighted by molar-refractivity contribution is 0.102. The molecule has 0 aliphatic carbocycles. The van der Waals surface area contributed by atoms with Gasteiger partial charge in [-0.1, -0.05) is 38.4 Å². The maximum atomic E-state index is 13.3. The molecule has 5 aromatic rings. The number of benzene rings is 1. The van der Waals surface area contributed by atoms with Crippen molar-refractivity contribution in [2.75, 3.05) is 5.32 Å². The minimum atomic E-state index is -0.237. The predicted octanol–water partition coefficient (Wildman–Crippen LogP) is 6.40. The number of anilines is 1. The van der Waals surface area contributed by atoms with Crippen LogP contribution in [0.3, 0.4) is 0 Å². The summed E-state index contributed by atoms with van der Waals surface area (Å²) in [5.74, 6) is -0.237. The molecule has 0 aliphatic heterocycles. The topological polar surface area (TPSA) is 77.1 Å². The highest BCUT2D eigenvalue weighted by atomic mass is 35.5. The molecule has 4 aromatic heterocycles. The van der Waals surface area contributed by atoms with Crippen LogP contribution in [0.25, 0.3) is 22.6 Å². The van der Waals surface area contributed by atoms with Crippen LogP contribution < -0.4 is 5.32 Å². The Morgan fingerprint density at radius 1 is 1.03 bits per heavy atom. The molecule has 1 N–H and O–H groups in total. The number of carbonyl (C=O) groups is 1. The minimum Gasteiger partial charge on any atom is -0.322 e. The van der Waals surface area contributed by atoms with E-state index in [1.807, 2.05) is 79.7 Å². The van der Waals surface area contributed by atoms with Crippen molar-refractivity contribution >= 4 is 28.8 Å². The van der Waals surface area contributed by atoms with E-state index in [0.29, 0.717) is 10.7 Å². The number of nitrogens with zero attached hydrogens (tertiary/aromatic N) is 5. The molecule has 0 atom stereocenters. The smallest absolute Gasteiger partial charge is 0.255 e. The normalized spacial score (nSPS) is 11.7. The van der Waals surface area contributed by atoms with Crippen LogP contribution in [0.1, 0.15) is 48.0 Å². The maximum absolute atomic E-state index is 13.3. The van der Waals surface area contributed by atoms with Gasteiger partial charge in [-0.25, -0.2) is 14.5 Å². The number of halogens is 1. The molecule has 0 spiro atoms. The second-order valence-corrected chi connectivity index (χ2v) is 10.3. The average Bonchev–Trinajstić information content (AvgIpc) is 3.43. The van der Waals surface area contributed by atoms with Gasteiger partial charge in [0.25, 0.3) is 5.91 Å². The van der Waals surface area contributed by atoms with Crippen LogP contribution in [0.4, 0.5) is 5.69 Å². The Morgan fingerprint density at radius 3 is 2.56 bits per heavy atom. The van der Waals surface area contributed by atoms with Crippen LogP contribution in [0.5, 0.6) is 0 Å². The predicted molar refractivity (Wildman–Crippen MR) is 143 cm³/mol. The average molecular weight is 499 g/mol. The molecule has 0 fully saturated rings. The first kappa shape index (κ1) is 23.8. The fraction of sp³-hybridized carbons (Fsp3) is 0.214. The first-order valence-electron chi connectivity index (χ1n) is 11.7. The molecule has 1 amide bonds. The van der Waals surface area contributed by atoms with Crippen molar-refractivity contribution in [1.82, 2.24) is 24.1 Å². The van der Waals surface area contributed by atoms with Gasteiger partial charge in [-0.05, 0) is 55.3 Å². The van der Waals surface area contributed by atoms with Gasteiger partial charge in [-0.3, -0.25) is 14.5 Å². The number of nitrogens with one attached hydrogen (secondary N) is 1. The van der Waals surface area contributed by atoms with E-state index in [9.17, 15) is 4.79 Å². The SMILES string of the molecule is Cc1cc(C)c(-n2ccc3ncc(-c4cccnc4)n32)cc1NC(=O)c1cc(Cl)nc(C(C)(C)C)c1. The molecule has 0 radical (unpaired) electrons. The molecule has 4 heterocycles. The van der Waals surface area contributed by atoms with Crippen molar-refractivity contribution in [3.05, 3.63) is 94.8 Å². The number of pyridine rings is 2. The van der Waals surface area contributed by atoms with E-state index >= 15 is 0 Å². The van der Waals surface area contributed by atoms with Crippen molar-refractivity contribution in [3.63, 3.8) is 0 Å². The lowest BCUT2D eigenvalue weighted by Crippen LogP contribution is -2.18. The lowest BCUT2D eigenvalue weighted by atomic mass is 9.91. The van der Waals surface area contributed by atoms with Crippen molar-refractivity contribution in [1.29, 1.82) is 0 Å². The van der Waals surface area contributed by atoms with E-state index in [0.717, 1.165) is 45.1 Å². The van der Waals surface area contributed by atoms with Gasteiger partial charge in [0.05, 0.1) is 17.6 Å². The molecule has 1 aromatic carbocycles. The van der Waals surface area contributed by atoms with Gasteiger partial charge in [-0.15, -0.1) is 0 Å². The molecule has 0 saturated carbocycles. The Balaban J connectivity index is 1.55. The fourth-order valence-corrected chi connectivity index (χ4v) is 4.44. The Bertz CT molecular complexity index is 1590. The van der Waals surface area contributed by atoms with E-state index in [2.05, 4.69) is 33.3 Å². The Kier molecular flexibility index (Phi) is 5.88. The number of fused-ring (bicyclic) bond motifs is 1. The maximum Gasteiger partial charge on any atom is 0.255 e. The lowest BCUT2D eigenvalue weighted by Gasteiger charge is -2.19. The summed E-state index contributed by atoms with van der Waals surface area (Å²) in [4.78, 5) is 26.5. The number of imidazole rings is 1. The second kappa shape index (κ2) is 8.91. The van der Waals surface area contributed by atoms with Gasteiger partial charge in [0.2, 0.25) is 0 Å². The summed E-state index contributed by atoms with van der Waals surface area (Å²) in [6.45, 7) is 10.2. The van der Waals surface area contributed by atoms with E-state index < -0.39 is 0 Å². The minimum absolute atomic E-state index is 0.233. The number of hydrogen-bond donors (Lipinski definition) is 1. The Morgan fingerprint density at radius 2 is 1.83 bits per heavy atom. The van der Waals surface area contributed by atoms with Crippen LogP contribution in [0, 0.1) is 13.8 Å². The molecule has 36 heavy (non-hydrogen) atoms. The van der Waals surface area contributed by atoms with E-state index in [4.69, 9.17) is 11.6 Å². The van der Waals surface area contributed by atoms with Crippen LogP contribution in [0.15, 0.2) is 67.3 Å². The molecule has 8 heteroatoms. The molecule has 7 nitrogen and oxygen atoms in total. The van der Waals surface area contributed by atoms with Crippen molar-refractivity contribution in [2.24, 2.45) is 0 Å². The van der Waals surface area contributed by atoms with Gasteiger partial charge in [-0.2, -0.15) is 0 Å². The first-order valence-corrected chi connectivity index (χ1v) is 12.1. The third kappa shape index (κ3) is 4.38. The van der Waals surface area contributed by atoms with E-state index in [1.165, 1.54) is 0 Å². The summed E-state index contributed by atoms with van der Waals surface area (Å²) in [7, 11) is 0. The van der Waals surface area contributed by atoms with Gasteiger partial charge in [0, 0.05) is 52.6 Å². The molecular formula is C28H27ClN6O. The summed E-state index contributed by atoms with van der Waals surface area (Å²) < 4.78 is 4.08. The van der Waals surface area contributed by atoms with Crippen LogP contribution in [-0.4, -0.2) is 30.1 Å². The number of aromatic nitrogens is 5. The van der Waals surface area contributed by atoms with Crippen LogP contribution >= 0.6 is 11.6 Å². The fourth-order valence-electron chi connectivity index (χ4n) is 4.23. The summed E-state index contributed by atoms with van der Waals surface area (Å²) in [6.07, 6.45) is 7.39. The molecule has 0 unspecified atom stereocenters. The van der Waals surface area contributed by atoms with Crippen molar-refractivity contribution in [2.45, 2.75) is 40.0 Å². The number of amides is 1. The molecule has 0 saturated heterocycles. The summed E-state index contributed by atoms with van der Waals surface area (Å²) in [6, 6.07) is 13.3. The highest BCUT2D eigenvalue weighted by Crippen LogP contribution is 2.29. The standard InChI is InChI=1S/C28H27ClN6O/c1-17-11-18(2)22(34-10-8-26-31-16-23(35(26)34)19-7-6-9-30-15-19)14-21(17)32-27(36)20-12-24(28(3,4)5)33-25(29)13-20/h6-16H,1-5H3,(H,32,36). The third-order valence-electron chi connectivity index (χ3n) is 6.16. The van der Waals surface area contributed by atoms with Crippen molar-refractivity contribution in [3.8, 4) is 16.9 Å². The highest BCUT2D eigenvalue weighted by Gasteiger charge is 2.20. The van der Waals surface area contributed by atoms with E-state index in [-0.39, 0.29) is 11.3 Å². The number of hydrogen-bond acceptors (Lipinski definition) is 4. The zero-order valence-electron chi connectivity index (χ0n) is 20.9. The molecule has 182 valence electrons. The summed E-state index contributed by atoms with van der Waals surface area (Å²) in [5.41, 5.74) is 7.38. The third-order valence-corrected chi connectivity index (χ3v) is 6.36. The van der Waals surface area contributed by atoms with Gasteiger partial charge in [0.15, 0.2) is 5.65 Å². The molecular weight excluding hydrogens is 472 g/mol. The highest BCUT2D eigenvalue weighted by molar-refractivity contribution is 6.29. The first-order chi connectivity index (χ1) is 17.1. The molecule has 0 aliphatic rings. The summed E-state index contributed by atoms with van der Waals surface area (Å²) >= 11 is 6.25. The zero-order chi connectivity index (χ0) is 25.6. The quantitative estimate of drug-likeness (QED) is 0.291. The van der Waals surface area contributed by atoms with Gasteiger partial charge >= 0.3 is 0 Å². The van der Waals surface area contributed by atoms with E-state index in [1.54, 1.807) is 18.3 Å². The zero-order valence-corrected chi connectivity index (χ0v) is 21.6.